The maximum Gasteiger partial charge on any atom is 0.170 e. The van der Waals surface area contributed by atoms with Gasteiger partial charge >= 0.3 is 0 Å². The van der Waals surface area contributed by atoms with Crippen LogP contribution < -0.4 is 10.6 Å². The fourth-order valence-electron chi connectivity index (χ4n) is 2.46. The Kier molecular flexibility index (Phi) is 6.16. The minimum atomic E-state index is 0.545. The van der Waals surface area contributed by atoms with E-state index >= 15 is 0 Å². The molecule has 0 bridgehead atoms. The zero-order valence-electron chi connectivity index (χ0n) is 14.4. The van der Waals surface area contributed by atoms with Gasteiger partial charge in [0.15, 0.2) is 5.11 Å². The first-order chi connectivity index (χ1) is 11.0. The molecule has 0 spiro atoms. The van der Waals surface area contributed by atoms with E-state index in [0.717, 1.165) is 30.9 Å². The number of aryl methyl sites for hydroxylation is 3. The Morgan fingerprint density at radius 1 is 1.22 bits per heavy atom. The Morgan fingerprint density at radius 2 is 1.91 bits per heavy atom. The summed E-state index contributed by atoms with van der Waals surface area (Å²) in [5, 5.41) is 11.6. The van der Waals surface area contributed by atoms with Gasteiger partial charge in [-0.25, -0.2) is 0 Å². The Labute approximate surface area is 144 Å². The average molecular weight is 331 g/mol. The first-order valence-electron chi connectivity index (χ1n) is 8.11. The predicted octanol–water partition coefficient (Wildman–Crippen LogP) is 4.00. The average Bonchev–Trinajstić information content (AvgIpc) is 2.82. The van der Waals surface area contributed by atoms with E-state index in [1.807, 2.05) is 11.6 Å². The summed E-state index contributed by atoms with van der Waals surface area (Å²) in [6, 6.07) is 10.5. The van der Waals surface area contributed by atoms with Crippen molar-refractivity contribution >= 4 is 23.0 Å². The van der Waals surface area contributed by atoms with Crippen LogP contribution in [0.25, 0.3) is 0 Å². The van der Waals surface area contributed by atoms with E-state index in [2.05, 4.69) is 66.8 Å². The second-order valence-corrected chi connectivity index (χ2v) is 6.57. The lowest BCUT2D eigenvalue weighted by Gasteiger charge is -2.12. The van der Waals surface area contributed by atoms with Crippen molar-refractivity contribution in [1.82, 2.24) is 15.1 Å². The first-order valence-corrected chi connectivity index (χ1v) is 8.52. The van der Waals surface area contributed by atoms with Gasteiger partial charge in [-0.1, -0.05) is 26.0 Å². The van der Waals surface area contributed by atoms with Gasteiger partial charge in [-0.3, -0.25) is 4.68 Å². The van der Waals surface area contributed by atoms with E-state index in [1.54, 1.807) is 0 Å². The van der Waals surface area contributed by atoms with E-state index in [-0.39, 0.29) is 0 Å². The molecule has 1 heterocycles. The van der Waals surface area contributed by atoms with Crippen molar-refractivity contribution in [3.63, 3.8) is 0 Å². The SMILES string of the molecule is Cc1cc(C)n(CCCNC(=S)Nc2ccc(C(C)C)cc2)n1. The Balaban J connectivity index is 1.71. The van der Waals surface area contributed by atoms with Gasteiger partial charge < -0.3 is 10.6 Å². The van der Waals surface area contributed by atoms with Gasteiger partial charge in [-0.05, 0) is 62.2 Å². The highest BCUT2D eigenvalue weighted by Crippen LogP contribution is 2.16. The molecule has 0 saturated heterocycles. The summed E-state index contributed by atoms with van der Waals surface area (Å²) in [5.74, 6) is 0.545. The van der Waals surface area contributed by atoms with Crippen LogP contribution in [0.3, 0.4) is 0 Å². The van der Waals surface area contributed by atoms with Gasteiger partial charge in [0.25, 0.3) is 0 Å². The van der Waals surface area contributed by atoms with Gasteiger partial charge in [-0.15, -0.1) is 0 Å². The number of anilines is 1. The van der Waals surface area contributed by atoms with Crippen LogP contribution in [-0.2, 0) is 6.54 Å². The molecule has 2 N–H and O–H groups in total. The number of hydrogen-bond donors (Lipinski definition) is 2. The van der Waals surface area contributed by atoms with Gasteiger partial charge in [-0.2, -0.15) is 5.10 Å². The van der Waals surface area contributed by atoms with Crippen LogP contribution in [-0.4, -0.2) is 21.4 Å². The summed E-state index contributed by atoms with van der Waals surface area (Å²) < 4.78 is 2.04. The molecule has 0 saturated carbocycles. The summed E-state index contributed by atoms with van der Waals surface area (Å²) in [5.41, 5.74) is 4.62. The summed E-state index contributed by atoms with van der Waals surface area (Å²) in [4.78, 5) is 0. The van der Waals surface area contributed by atoms with E-state index < -0.39 is 0 Å². The van der Waals surface area contributed by atoms with Crippen molar-refractivity contribution in [1.29, 1.82) is 0 Å². The Morgan fingerprint density at radius 3 is 2.48 bits per heavy atom. The van der Waals surface area contributed by atoms with Gasteiger partial charge in [0.05, 0.1) is 5.69 Å². The summed E-state index contributed by atoms with van der Waals surface area (Å²) in [7, 11) is 0. The van der Waals surface area contributed by atoms with Crippen molar-refractivity contribution in [2.75, 3.05) is 11.9 Å². The molecule has 1 aromatic heterocycles. The fraction of sp³-hybridized carbons (Fsp3) is 0.444. The molecular weight excluding hydrogens is 304 g/mol. The lowest BCUT2D eigenvalue weighted by Crippen LogP contribution is -2.29. The lowest BCUT2D eigenvalue weighted by atomic mass is 10.0. The molecule has 0 unspecified atom stereocenters. The van der Waals surface area contributed by atoms with Gasteiger partial charge in [0.2, 0.25) is 0 Å². The predicted molar refractivity (Wildman–Crippen MR) is 101 cm³/mol. The third kappa shape index (κ3) is 5.36. The number of aromatic nitrogens is 2. The van der Waals surface area contributed by atoms with Crippen LogP contribution in [0.5, 0.6) is 0 Å². The number of rotatable bonds is 6. The van der Waals surface area contributed by atoms with Crippen LogP contribution in [0, 0.1) is 13.8 Å². The molecule has 1 aromatic carbocycles. The minimum Gasteiger partial charge on any atom is -0.362 e. The summed E-state index contributed by atoms with van der Waals surface area (Å²) in [6.45, 7) is 10.2. The second-order valence-electron chi connectivity index (χ2n) is 6.16. The molecule has 5 heteroatoms. The number of thiocarbonyl (C=S) groups is 1. The van der Waals surface area contributed by atoms with Crippen LogP contribution >= 0.6 is 12.2 Å². The number of nitrogens with one attached hydrogen (secondary N) is 2. The van der Waals surface area contributed by atoms with E-state index in [4.69, 9.17) is 12.2 Å². The Bertz CT molecular complexity index is 644. The molecule has 0 aliphatic heterocycles. The van der Waals surface area contributed by atoms with Crippen molar-refractivity contribution in [3.05, 3.63) is 47.3 Å². The Hall–Kier alpha value is -1.88. The number of nitrogens with zero attached hydrogens (tertiary/aromatic N) is 2. The standard InChI is InChI=1S/C18H26N4S/c1-13(2)16-6-8-17(9-7-16)20-18(23)19-10-5-11-22-15(4)12-14(3)21-22/h6-9,12-13H,5,10-11H2,1-4H3,(H2,19,20,23). The molecule has 2 rings (SSSR count). The highest BCUT2D eigenvalue weighted by atomic mass is 32.1. The van der Waals surface area contributed by atoms with Crippen LogP contribution in [0.15, 0.2) is 30.3 Å². The molecule has 0 aliphatic carbocycles. The molecule has 124 valence electrons. The maximum atomic E-state index is 5.34. The van der Waals surface area contributed by atoms with Crippen molar-refractivity contribution in [2.24, 2.45) is 0 Å². The monoisotopic (exact) mass is 330 g/mol. The topological polar surface area (TPSA) is 41.9 Å². The molecule has 0 atom stereocenters. The quantitative estimate of drug-likeness (QED) is 0.620. The molecule has 0 radical (unpaired) electrons. The third-order valence-corrected chi connectivity index (χ3v) is 4.02. The molecule has 0 aliphatic rings. The fourth-order valence-corrected chi connectivity index (χ4v) is 2.68. The number of benzene rings is 1. The summed E-state index contributed by atoms with van der Waals surface area (Å²) in [6.07, 6.45) is 0.982. The molecular formula is C18H26N4S. The molecule has 4 nitrogen and oxygen atoms in total. The zero-order valence-corrected chi connectivity index (χ0v) is 15.2. The highest BCUT2D eigenvalue weighted by Gasteiger charge is 2.02. The molecule has 0 amide bonds. The molecule has 2 aromatic rings. The van der Waals surface area contributed by atoms with Gasteiger partial charge in [0, 0.05) is 24.5 Å². The summed E-state index contributed by atoms with van der Waals surface area (Å²) >= 11 is 5.34. The minimum absolute atomic E-state index is 0.545. The normalized spacial score (nSPS) is 10.8. The van der Waals surface area contributed by atoms with Crippen molar-refractivity contribution < 1.29 is 0 Å². The smallest absolute Gasteiger partial charge is 0.170 e. The zero-order chi connectivity index (χ0) is 16.8. The van der Waals surface area contributed by atoms with Crippen LogP contribution in [0.4, 0.5) is 5.69 Å². The van der Waals surface area contributed by atoms with Crippen molar-refractivity contribution in [3.8, 4) is 0 Å². The molecule has 23 heavy (non-hydrogen) atoms. The van der Waals surface area contributed by atoms with Crippen molar-refractivity contribution in [2.45, 2.75) is 46.6 Å². The molecule has 0 fully saturated rings. The highest BCUT2D eigenvalue weighted by molar-refractivity contribution is 7.80. The largest absolute Gasteiger partial charge is 0.362 e. The van der Waals surface area contributed by atoms with E-state index in [1.165, 1.54) is 11.3 Å². The van der Waals surface area contributed by atoms with Crippen LogP contribution in [0.1, 0.15) is 43.1 Å². The maximum absolute atomic E-state index is 5.34. The van der Waals surface area contributed by atoms with Crippen LogP contribution in [0.2, 0.25) is 0 Å². The second kappa shape index (κ2) is 8.11. The van der Waals surface area contributed by atoms with E-state index in [9.17, 15) is 0 Å². The van der Waals surface area contributed by atoms with Gasteiger partial charge in [0.1, 0.15) is 0 Å². The lowest BCUT2D eigenvalue weighted by molar-refractivity contribution is 0.558. The first kappa shape index (κ1) is 17.5. The third-order valence-electron chi connectivity index (χ3n) is 3.77. The number of hydrogen-bond acceptors (Lipinski definition) is 2. The van der Waals surface area contributed by atoms with E-state index in [0.29, 0.717) is 11.0 Å².